The van der Waals surface area contributed by atoms with E-state index >= 15 is 0 Å². The first kappa shape index (κ1) is 13.7. The number of rotatable bonds is 6. The summed E-state index contributed by atoms with van der Waals surface area (Å²) in [6, 6.07) is 0. The summed E-state index contributed by atoms with van der Waals surface area (Å²) in [4.78, 5) is 16.3. The number of esters is 1. The van der Waals surface area contributed by atoms with Crippen molar-refractivity contribution in [2.45, 2.75) is 46.0 Å². The van der Waals surface area contributed by atoms with E-state index in [1.165, 1.54) is 0 Å². The van der Waals surface area contributed by atoms with Crippen molar-refractivity contribution in [3.05, 3.63) is 11.6 Å². The fraction of sp³-hybridized carbons (Fsp3) is 0.750. The second kappa shape index (κ2) is 6.37. The van der Waals surface area contributed by atoms with Gasteiger partial charge in [-0.3, -0.25) is 9.48 Å². The highest BCUT2D eigenvalue weighted by molar-refractivity contribution is 5.77. The second-order valence-corrected chi connectivity index (χ2v) is 3.96. The van der Waals surface area contributed by atoms with E-state index in [0.29, 0.717) is 12.4 Å². The molecule has 5 heteroatoms. The molecule has 96 valence electrons. The van der Waals surface area contributed by atoms with Crippen molar-refractivity contribution in [3.8, 4) is 0 Å². The minimum absolute atomic E-state index is 0.201. The Morgan fingerprint density at radius 2 is 2.12 bits per heavy atom. The minimum atomic E-state index is -0.294. The lowest BCUT2D eigenvalue weighted by Crippen LogP contribution is -2.19. The van der Waals surface area contributed by atoms with E-state index in [1.807, 2.05) is 27.8 Å². The molecule has 0 spiro atoms. The van der Waals surface area contributed by atoms with Crippen molar-refractivity contribution in [2.75, 3.05) is 6.61 Å². The first-order valence-corrected chi connectivity index (χ1v) is 6.20. The zero-order valence-electron chi connectivity index (χ0n) is 11.1. The van der Waals surface area contributed by atoms with Gasteiger partial charge in [-0.1, -0.05) is 20.3 Å². The van der Waals surface area contributed by atoms with Gasteiger partial charge in [-0.05, 0) is 13.3 Å². The van der Waals surface area contributed by atoms with Gasteiger partial charge in [0.2, 0.25) is 0 Å². The predicted octanol–water partition coefficient (Wildman–Crippen LogP) is 1.82. The van der Waals surface area contributed by atoms with Crippen LogP contribution in [0, 0.1) is 0 Å². The summed E-state index contributed by atoms with van der Waals surface area (Å²) >= 11 is 0. The number of ether oxygens (including phenoxy) is 1. The second-order valence-electron chi connectivity index (χ2n) is 3.96. The fourth-order valence-electron chi connectivity index (χ4n) is 1.79. The highest BCUT2D eigenvalue weighted by atomic mass is 16.5. The lowest BCUT2D eigenvalue weighted by Gasteiger charge is -2.13. The molecule has 0 bridgehead atoms. The van der Waals surface area contributed by atoms with Gasteiger partial charge >= 0.3 is 5.97 Å². The van der Waals surface area contributed by atoms with Gasteiger partial charge < -0.3 is 4.74 Å². The zero-order valence-corrected chi connectivity index (χ0v) is 11.1. The molecule has 1 heterocycles. The van der Waals surface area contributed by atoms with E-state index in [9.17, 15) is 4.79 Å². The maximum atomic E-state index is 11.9. The maximum Gasteiger partial charge on any atom is 0.316 e. The topological polar surface area (TPSA) is 57.0 Å². The van der Waals surface area contributed by atoms with Gasteiger partial charge in [-0.2, -0.15) is 5.10 Å². The Labute approximate surface area is 102 Å². The van der Waals surface area contributed by atoms with Gasteiger partial charge in [-0.25, -0.2) is 4.98 Å². The molecular weight excluding hydrogens is 218 g/mol. The molecule has 1 unspecified atom stereocenters. The molecule has 0 radical (unpaired) electrons. The number of aryl methyl sites for hydroxylation is 2. The van der Waals surface area contributed by atoms with E-state index in [1.54, 1.807) is 4.68 Å². The molecule has 1 aromatic rings. The van der Waals surface area contributed by atoms with Crippen molar-refractivity contribution in [3.63, 3.8) is 0 Å². The van der Waals surface area contributed by atoms with Gasteiger partial charge in [0.05, 0.1) is 6.61 Å². The molecule has 5 nitrogen and oxygen atoms in total. The van der Waals surface area contributed by atoms with Crippen LogP contribution in [0.5, 0.6) is 0 Å². The van der Waals surface area contributed by atoms with Gasteiger partial charge in [0.1, 0.15) is 11.7 Å². The average molecular weight is 239 g/mol. The molecule has 0 aliphatic carbocycles. The summed E-state index contributed by atoms with van der Waals surface area (Å²) in [7, 11) is 1.82. The Morgan fingerprint density at radius 1 is 1.41 bits per heavy atom. The summed E-state index contributed by atoms with van der Waals surface area (Å²) in [6.07, 6.45) is 2.43. The molecule has 0 saturated carbocycles. The van der Waals surface area contributed by atoms with Crippen molar-refractivity contribution < 1.29 is 9.53 Å². The van der Waals surface area contributed by atoms with Crippen molar-refractivity contribution in [1.82, 2.24) is 14.8 Å². The zero-order chi connectivity index (χ0) is 12.8. The number of hydrogen-bond donors (Lipinski definition) is 0. The van der Waals surface area contributed by atoms with Crippen LogP contribution in [0.2, 0.25) is 0 Å². The monoisotopic (exact) mass is 239 g/mol. The SMILES string of the molecule is CCCC(C(=O)OCC)c1nc(CC)nn1C. The molecule has 1 aromatic heterocycles. The molecule has 0 aliphatic heterocycles. The van der Waals surface area contributed by atoms with Crippen LogP contribution < -0.4 is 0 Å². The van der Waals surface area contributed by atoms with Crippen LogP contribution in [0.4, 0.5) is 0 Å². The molecular formula is C12H21N3O2. The van der Waals surface area contributed by atoms with Crippen LogP contribution in [0.25, 0.3) is 0 Å². The van der Waals surface area contributed by atoms with Crippen LogP contribution in [0.1, 0.15) is 51.2 Å². The van der Waals surface area contributed by atoms with Crippen LogP contribution in [-0.4, -0.2) is 27.3 Å². The van der Waals surface area contributed by atoms with Gasteiger partial charge in [-0.15, -0.1) is 0 Å². The van der Waals surface area contributed by atoms with Crippen LogP contribution in [0.15, 0.2) is 0 Å². The third-order valence-corrected chi connectivity index (χ3v) is 2.62. The smallest absolute Gasteiger partial charge is 0.316 e. The first-order valence-electron chi connectivity index (χ1n) is 6.20. The lowest BCUT2D eigenvalue weighted by atomic mass is 10.0. The quantitative estimate of drug-likeness (QED) is 0.711. The van der Waals surface area contributed by atoms with Gasteiger partial charge in [0.25, 0.3) is 0 Å². The van der Waals surface area contributed by atoms with Crippen molar-refractivity contribution >= 4 is 5.97 Å². The Kier molecular flexibility index (Phi) is 5.12. The first-order chi connectivity index (χ1) is 8.13. The van der Waals surface area contributed by atoms with Crippen molar-refractivity contribution in [2.24, 2.45) is 7.05 Å². The summed E-state index contributed by atoms with van der Waals surface area (Å²) in [5.74, 6) is 0.986. The average Bonchev–Trinajstić information content (AvgIpc) is 2.67. The largest absolute Gasteiger partial charge is 0.465 e. The predicted molar refractivity (Wildman–Crippen MR) is 64.7 cm³/mol. The summed E-state index contributed by atoms with van der Waals surface area (Å²) in [5.41, 5.74) is 0. The van der Waals surface area contributed by atoms with Gasteiger partial charge in [0, 0.05) is 13.5 Å². The van der Waals surface area contributed by atoms with E-state index < -0.39 is 0 Å². The number of nitrogens with zero attached hydrogens (tertiary/aromatic N) is 3. The molecule has 1 atom stereocenters. The fourth-order valence-corrected chi connectivity index (χ4v) is 1.79. The van der Waals surface area contributed by atoms with Gasteiger partial charge in [0.15, 0.2) is 5.82 Å². The lowest BCUT2D eigenvalue weighted by molar-refractivity contribution is -0.145. The Morgan fingerprint density at radius 3 is 2.59 bits per heavy atom. The Hall–Kier alpha value is -1.39. The summed E-state index contributed by atoms with van der Waals surface area (Å²) < 4.78 is 6.78. The third-order valence-electron chi connectivity index (χ3n) is 2.62. The number of aromatic nitrogens is 3. The van der Waals surface area contributed by atoms with E-state index in [2.05, 4.69) is 10.1 Å². The molecule has 17 heavy (non-hydrogen) atoms. The summed E-state index contributed by atoms with van der Waals surface area (Å²) in [6.45, 7) is 6.26. The molecule has 0 aliphatic rings. The van der Waals surface area contributed by atoms with Crippen LogP contribution in [0.3, 0.4) is 0 Å². The Balaban J connectivity index is 2.95. The number of carbonyl (C=O) groups is 1. The number of carbonyl (C=O) groups excluding carboxylic acids is 1. The van der Waals surface area contributed by atoms with E-state index in [-0.39, 0.29) is 11.9 Å². The standard InChI is InChI=1S/C12H21N3O2/c1-5-8-9(12(16)17-7-3)11-13-10(6-2)14-15(11)4/h9H,5-8H2,1-4H3. The Bertz CT molecular complexity index is 374. The highest BCUT2D eigenvalue weighted by Crippen LogP contribution is 2.21. The van der Waals surface area contributed by atoms with Crippen molar-refractivity contribution in [1.29, 1.82) is 0 Å². The molecule has 0 N–H and O–H groups in total. The minimum Gasteiger partial charge on any atom is -0.465 e. The normalized spacial score (nSPS) is 12.5. The molecule has 0 aromatic carbocycles. The van der Waals surface area contributed by atoms with E-state index in [0.717, 1.165) is 25.1 Å². The third kappa shape index (κ3) is 3.28. The molecule has 0 saturated heterocycles. The molecule has 0 amide bonds. The van der Waals surface area contributed by atoms with E-state index in [4.69, 9.17) is 4.74 Å². The van der Waals surface area contributed by atoms with Crippen LogP contribution >= 0.6 is 0 Å². The molecule has 1 rings (SSSR count). The maximum absolute atomic E-state index is 11.9. The van der Waals surface area contributed by atoms with Crippen LogP contribution in [-0.2, 0) is 23.0 Å². The summed E-state index contributed by atoms with van der Waals surface area (Å²) in [5, 5.41) is 4.27. The highest BCUT2D eigenvalue weighted by Gasteiger charge is 2.26. The molecule has 0 fully saturated rings. The number of hydrogen-bond acceptors (Lipinski definition) is 4.